The molecule has 0 saturated carbocycles. The first kappa shape index (κ1) is 18.2. The number of carbonyl (C=O) groups excluding carboxylic acids is 3. The van der Waals surface area contributed by atoms with Crippen LogP contribution in [0.2, 0.25) is 0 Å². The first-order valence-electron chi connectivity index (χ1n) is 8.36. The normalized spacial score (nSPS) is 10.6. The average molecular weight is 365 g/mol. The highest BCUT2D eigenvalue weighted by atomic mass is 16.3. The maximum atomic E-state index is 12.3. The third kappa shape index (κ3) is 4.52. The van der Waals surface area contributed by atoms with Crippen LogP contribution in [0.4, 0.5) is 0 Å². The van der Waals surface area contributed by atoms with E-state index in [1.165, 1.54) is 0 Å². The minimum atomic E-state index is -0.608. The Morgan fingerprint density at radius 2 is 1.70 bits per heavy atom. The fourth-order valence-corrected chi connectivity index (χ4v) is 2.59. The summed E-state index contributed by atoms with van der Waals surface area (Å²) in [6, 6.07) is 14.1. The number of hydrogen-bond donors (Lipinski definition) is 3. The molecule has 0 spiro atoms. The van der Waals surface area contributed by atoms with Crippen molar-refractivity contribution in [3.63, 3.8) is 0 Å². The molecule has 0 fully saturated rings. The van der Waals surface area contributed by atoms with Crippen molar-refractivity contribution in [2.24, 2.45) is 5.73 Å². The molecule has 0 aliphatic heterocycles. The van der Waals surface area contributed by atoms with E-state index in [-0.39, 0.29) is 30.7 Å². The van der Waals surface area contributed by atoms with Crippen molar-refractivity contribution in [3.05, 3.63) is 71.0 Å². The number of furan rings is 1. The van der Waals surface area contributed by atoms with Gasteiger partial charge in [0, 0.05) is 17.5 Å². The SMILES string of the molecule is Cc1ccc2oc(C(=O)NCc3ccc(C(=O)NCC(N)=O)cc3)cc2c1. The summed E-state index contributed by atoms with van der Waals surface area (Å²) in [5, 5.41) is 6.08. The van der Waals surface area contributed by atoms with Crippen molar-refractivity contribution in [2.45, 2.75) is 13.5 Å². The van der Waals surface area contributed by atoms with Gasteiger partial charge >= 0.3 is 0 Å². The number of aryl methyl sites for hydroxylation is 1. The molecule has 0 aliphatic carbocycles. The van der Waals surface area contributed by atoms with Gasteiger partial charge in [0.25, 0.3) is 11.8 Å². The van der Waals surface area contributed by atoms with E-state index < -0.39 is 5.91 Å². The Hall–Kier alpha value is -3.61. The van der Waals surface area contributed by atoms with E-state index in [0.717, 1.165) is 16.5 Å². The second-order valence-corrected chi connectivity index (χ2v) is 6.18. The van der Waals surface area contributed by atoms with Crippen LogP contribution in [-0.2, 0) is 11.3 Å². The lowest BCUT2D eigenvalue weighted by atomic mass is 10.1. The van der Waals surface area contributed by atoms with E-state index in [2.05, 4.69) is 10.6 Å². The van der Waals surface area contributed by atoms with Gasteiger partial charge in [-0.1, -0.05) is 23.8 Å². The molecule has 2 aromatic carbocycles. The number of carbonyl (C=O) groups is 3. The van der Waals surface area contributed by atoms with Crippen LogP contribution < -0.4 is 16.4 Å². The standard InChI is InChI=1S/C20H19N3O4/c1-12-2-7-16-15(8-12)9-17(27-16)20(26)22-10-13-3-5-14(6-4-13)19(25)23-11-18(21)24/h2-9H,10-11H2,1H3,(H2,21,24)(H,22,26)(H,23,25). The second-order valence-electron chi connectivity index (χ2n) is 6.18. The summed E-state index contributed by atoms with van der Waals surface area (Å²) in [4.78, 5) is 34.8. The molecule has 3 rings (SSSR count). The summed E-state index contributed by atoms with van der Waals surface area (Å²) in [7, 11) is 0. The monoisotopic (exact) mass is 365 g/mol. The molecular formula is C20H19N3O4. The van der Waals surface area contributed by atoms with Gasteiger partial charge in [0.15, 0.2) is 5.76 Å². The van der Waals surface area contributed by atoms with Crippen LogP contribution in [0, 0.1) is 6.92 Å². The molecule has 138 valence electrons. The van der Waals surface area contributed by atoms with E-state index >= 15 is 0 Å². The molecule has 0 unspecified atom stereocenters. The van der Waals surface area contributed by atoms with Gasteiger partial charge in [-0.05, 0) is 42.8 Å². The average Bonchev–Trinajstić information content (AvgIpc) is 3.07. The van der Waals surface area contributed by atoms with Crippen molar-refractivity contribution in [1.29, 1.82) is 0 Å². The van der Waals surface area contributed by atoms with Gasteiger partial charge in [0.05, 0.1) is 6.54 Å². The van der Waals surface area contributed by atoms with E-state index in [4.69, 9.17) is 10.2 Å². The molecule has 4 N–H and O–H groups in total. The molecule has 1 aromatic heterocycles. The van der Waals surface area contributed by atoms with Crippen LogP contribution in [0.3, 0.4) is 0 Å². The molecule has 0 bridgehead atoms. The number of hydrogen-bond acceptors (Lipinski definition) is 4. The first-order valence-corrected chi connectivity index (χ1v) is 8.36. The molecule has 0 saturated heterocycles. The van der Waals surface area contributed by atoms with E-state index in [1.54, 1.807) is 30.3 Å². The van der Waals surface area contributed by atoms with Gasteiger partial charge in [-0.15, -0.1) is 0 Å². The molecule has 3 amide bonds. The molecule has 0 radical (unpaired) electrons. The van der Waals surface area contributed by atoms with Crippen LogP contribution in [0.1, 0.15) is 32.0 Å². The molecule has 7 nitrogen and oxygen atoms in total. The van der Waals surface area contributed by atoms with Gasteiger partial charge in [0.2, 0.25) is 5.91 Å². The first-order chi connectivity index (χ1) is 12.9. The molecule has 27 heavy (non-hydrogen) atoms. The van der Waals surface area contributed by atoms with Crippen LogP contribution in [0.5, 0.6) is 0 Å². The smallest absolute Gasteiger partial charge is 0.287 e. The number of nitrogens with one attached hydrogen (secondary N) is 2. The van der Waals surface area contributed by atoms with Crippen LogP contribution in [0.25, 0.3) is 11.0 Å². The maximum Gasteiger partial charge on any atom is 0.287 e. The van der Waals surface area contributed by atoms with Gasteiger partial charge < -0.3 is 20.8 Å². The van der Waals surface area contributed by atoms with Crippen molar-refractivity contribution in [3.8, 4) is 0 Å². The second kappa shape index (κ2) is 7.74. The lowest BCUT2D eigenvalue weighted by Gasteiger charge is -2.06. The summed E-state index contributed by atoms with van der Waals surface area (Å²) < 4.78 is 5.57. The quantitative estimate of drug-likeness (QED) is 0.619. The van der Waals surface area contributed by atoms with Gasteiger partial charge in [-0.25, -0.2) is 0 Å². The zero-order chi connectivity index (χ0) is 19.4. The third-order valence-electron chi connectivity index (χ3n) is 3.99. The Bertz CT molecular complexity index is 1010. The van der Waals surface area contributed by atoms with Crippen molar-refractivity contribution < 1.29 is 18.8 Å². The van der Waals surface area contributed by atoms with Gasteiger partial charge in [0.1, 0.15) is 5.58 Å². The van der Waals surface area contributed by atoms with Gasteiger partial charge in [-0.2, -0.15) is 0 Å². The number of fused-ring (bicyclic) bond motifs is 1. The van der Waals surface area contributed by atoms with Crippen molar-refractivity contribution in [2.75, 3.05) is 6.54 Å². The summed E-state index contributed by atoms with van der Waals surface area (Å²) in [5.74, 6) is -1.06. The highest BCUT2D eigenvalue weighted by Crippen LogP contribution is 2.20. The van der Waals surface area contributed by atoms with Crippen LogP contribution in [-0.4, -0.2) is 24.3 Å². The number of benzene rings is 2. The number of rotatable bonds is 6. The highest BCUT2D eigenvalue weighted by Gasteiger charge is 2.12. The molecular weight excluding hydrogens is 346 g/mol. The molecule has 7 heteroatoms. The van der Waals surface area contributed by atoms with Crippen LogP contribution >= 0.6 is 0 Å². The van der Waals surface area contributed by atoms with Crippen molar-refractivity contribution in [1.82, 2.24) is 10.6 Å². The van der Waals surface area contributed by atoms with Crippen molar-refractivity contribution >= 4 is 28.7 Å². The van der Waals surface area contributed by atoms with E-state index in [9.17, 15) is 14.4 Å². The predicted molar refractivity (Wildman–Crippen MR) is 100 cm³/mol. The molecule has 0 aliphatic rings. The fourth-order valence-electron chi connectivity index (χ4n) is 2.59. The zero-order valence-corrected chi connectivity index (χ0v) is 14.7. The Balaban J connectivity index is 1.59. The Morgan fingerprint density at radius 1 is 0.963 bits per heavy atom. The minimum Gasteiger partial charge on any atom is -0.451 e. The third-order valence-corrected chi connectivity index (χ3v) is 3.99. The summed E-state index contributed by atoms with van der Waals surface area (Å²) in [6.07, 6.45) is 0. The summed E-state index contributed by atoms with van der Waals surface area (Å²) in [5.41, 5.74) is 7.97. The van der Waals surface area contributed by atoms with Crippen LogP contribution in [0.15, 0.2) is 52.9 Å². The molecule has 0 atom stereocenters. The minimum absolute atomic E-state index is 0.215. The Morgan fingerprint density at radius 3 is 2.41 bits per heavy atom. The number of primary amides is 1. The topological polar surface area (TPSA) is 114 Å². The largest absolute Gasteiger partial charge is 0.451 e. The summed E-state index contributed by atoms with van der Waals surface area (Å²) in [6.45, 7) is 2.05. The Labute approximate surface area is 155 Å². The lowest BCUT2D eigenvalue weighted by molar-refractivity contribution is -0.117. The highest BCUT2D eigenvalue weighted by molar-refractivity contribution is 5.97. The fraction of sp³-hybridized carbons (Fsp3) is 0.150. The molecule has 1 heterocycles. The lowest BCUT2D eigenvalue weighted by Crippen LogP contribution is -2.33. The predicted octanol–water partition coefficient (Wildman–Crippen LogP) is 1.89. The molecule has 3 aromatic rings. The Kier molecular flexibility index (Phi) is 5.21. The maximum absolute atomic E-state index is 12.3. The number of nitrogens with two attached hydrogens (primary N) is 1. The summed E-state index contributed by atoms with van der Waals surface area (Å²) >= 11 is 0. The zero-order valence-electron chi connectivity index (χ0n) is 14.7. The number of amides is 3. The van der Waals surface area contributed by atoms with Gasteiger partial charge in [-0.3, -0.25) is 14.4 Å². The van der Waals surface area contributed by atoms with E-state index in [0.29, 0.717) is 11.1 Å². The van der Waals surface area contributed by atoms with E-state index in [1.807, 2.05) is 25.1 Å².